The maximum Gasteiger partial charge on any atom is 0.316 e. The van der Waals surface area contributed by atoms with Crippen molar-refractivity contribution in [1.82, 2.24) is 25.1 Å². The van der Waals surface area contributed by atoms with Gasteiger partial charge in [0.05, 0.1) is 24.2 Å². The van der Waals surface area contributed by atoms with Crippen LogP contribution in [-0.2, 0) is 0 Å². The number of amides is 1. The van der Waals surface area contributed by atoms with Crippen molar-refractivity contribution in [3.8, 4) is 23.0 Å². The summed E-state index contributed by atoms with van der Waals surface area (Å²) in [5.74, 6) is -0.0595. The number of carbonyl (C=O) groups excluding carboxylic acids is 1. The SMILES string of the molecule is CCOc1ccccc1NC(=O)c1nc(-c2cn(-c3ccc(Cl)cc3)nn2)no1. The predicted octanol–water partition coefficient (Wildman–Crippen LogP) is 3.62. The Balaban J connectivity index is 1.51. The first-order valence-electron chi connectivity index (χ1n) is 8.69. The van der Waals surface area contributed by atoms with Crippen molar-refractivity contribution in [2.45, 2.75) is 6.92 Å². The van der Waals surface area contributed by atoms with E-state index in [-0.39, 0.29) is 11.7 Å². The van der Waals surface area contributed by atoms with Gasteiger partial charge in [-0.25, -0.2) is 4.68 Å². The second-order valence-corrected chi connectivity index (χ2v) is 6.27. The molecule has 0 aliphatic carbocycles. The highest BCUT2D eigenvalue weighted by molar-refractivity contribution is 6.30. The van der Waals surface area contributed by atoms with Crippen LogP contribution in [0.25, 0.3) is 17.2 Å². The third kappa shape index (κ3) is 4.09. The lowest BCUT2D eigenvalue weighted by Gasteiger charge is -2.09. The number of hydrogen-bond acceptors (Lipinski definition) is 7. The van der Waals surface area contributed by atoms with Crippen LogP contribution in [-0.4, -0.2) is 37.6 Å². The number of anilines is 1. The zero-order chi connectivity index (χ0) is 20.2. The molecule has 29 heavy (non-hydrogen) atoms. The second kappa shape index (κ2) is 8.11. The number of nitrogens with zero attached hydrogens (tertiary/aromatic N) is 5. The van der Waals surface area contributed by atoms with Crippen molar-refractivity contribution in [2.75, 3.05) is 11.9 Å². The van der Waals surface area contributed by atoms with Crippen LogP contribution >= 0.6 is 11.6 Å². The fourth-order valence-corrected chi connectivity index (χ4v) is 2.66. The van der Waals surface area contributed by atoms with Gasteiger partial charge < -0.3 is 14.6 Å². The van der Waals surface area contributed by atoms with Gasteiger partial charge in [0.2, 0.25) is 5.82 Å². The molecule has 0 aliphatic heterocycles. The van der Waals surface area contributed by atoms with Crippen molar-refractivity contribution >= 4 is 23.2 Å². The highest BCUT2D eigenvalue weighted by atomic mass is 35.5. The van der Waals surface area contributed by atoms with Crippen LogP contribution in [0.2, 0.25) is 5.02 Å². The summed E-state index contributed by atoms with van der Waals surface area (Å²) < 4.78 is 12.1. The molecule has 0 atom stereocenters. The second-order valence-electron chi connectivity index (χ2n) is 5.83. The van der Waals surface area contributed by atoms with Crippen molar-refractivity contribution < 1.29 is 14.1 Å². The molecule has 2 heterocycles. The number of rotatable bonds is 6. The largest absolute Gasteiger partial charge is 0.492 e. The van der Waals surface area contributed by atoms with E-state index >= 15 is 0 Å². The first-order valence-corrected chi connectivity index (χ1v) is 9.07. The Hall–Kier alpha value is -3.72. The molecule has 0 saturated carbocycles. The van der Waals surface area contributed by atoms with Gasteiger partial charge >= 0.3 is 11.8 Å². The molecule has 10 heteroatoms. The number of halogens is 1. The van der Waals surface area contributed by atoms with Crippen molar-refractivity contribution in [3.05, 3.63) is 65.6 Å². The van der Waals surface area contributed by atoms with Crippen LogP contribution in [0.15, 0.2) is 59.3 Å². The molecular formula is C19H15ClN6O3. The minimum absolute atomic E-state index is 0.147. The van der Waals surface area contributed by atoms with Crippen LogP contribution in [0.5, 0.6) is 5.75 Å². The van der Waals surface area contributed by atoms with E-state index < -0.39 is 5.91 Å². The lowest BCUT2D eigenvalue weighted by molar-refractivity contribution is 0.0981. The van der Waals surface area contributed by atoms with Crippen LogP contribution < -0.4 is 10.1 Å². The third-order valence-electron chi connectivity index (χ3n) is 3.87. The number of hydrogen-bond donors (Lipinski definition) is 1. The number of benzene rings is 2. The van der Waals surface area contributed by atoms with Crippen molar-refractivity contribution in [1.29, 1.82) is 0 Å². The van der Waals surface area contributed by atoms with Crippen LogP contribution in [0.4, 0.5) is 5.69 Å². The Labute approximate surface area is 170 Å². The van der Waals surface area contributed by atoms with Crippen molar-refractivity contribution in [3.63, 3.8) is 0 Å². The Bertz CT molecular complexity index is 1140. The van der Waals surface area contributed by atoms with Gasteiger partial charge in [-0.05, 0) is 43.3 Å². The molecule has 0 radical (unpaired) electrons. The van der Waals surface area contributed by atoms with Gasteiger partial charge in [-0.2, -0.15) is 4.98 Å². The van der Waals surface area contributed by atoms with Crippen molar-refractivity contribution in [2.24, 2.45) is 0 Å². The van der Waals surface area contributed by atoms with E-state index in [1.165, 1.54) is 0 Å². The van der Waals surface area contributed by atoms with Crippen LogP contribution in [0, 0.1) is 0 Å². The lowest BCUT2D eigenvalue weighted by Crippen LogP contribution is -2.13. The maximum atomic E-state index is 12.5. The average Bonchev–Trinajstić information content (AvgIpc) is 3.40. The molecule has 9 nitrogen and oxygen atoms in total. The van der Waals surface area contributed by atoms with E-state index in [0.717, 1.165) is 5.69 Å². The summed E-state index contributed by atoms with van der Waals surface area (Å²) in [6, 6.07) is 14.2. The van der Waals surface area contributed by atoms with E-state index in [1.54, 1.807) is 53.3 Å². The molecule has 146 valence electrons. The molecule has 0 unspecified atom stereocenters. The van der Waals surface area contributed by atoms with E-state index in [4.69, 9.17) is 20.9 Å². The van der Waals surface area contributed by atoms with E-state index in [1.807, 2.05) is 13.0 Å². The minimum atomic E-state index is -0.555. The van der Waals surface area contributed by atoms with E-state index in [0.29, 0.717) is 28.8 Å². The fourth-order valence-electron chi connectivity index (χ4n) is 2.53. The first-order chi connectivity index (χ1) is 14.1. The Morgan fingerprint density at radius 2 is 2.00 bits per heavy atom. The van der Waals surface area contributed by atoms with Gasteiger partial charge in [-0.3, -0.25) is 4.79 Å². The Morgan fingerprint density at radius 3 is 2.79 bits per heavy atom. The van der Waals surface area contributed by atoms with Crippen LogP contribution in [0.1, 0.15) is 17.6 Å². The zero-order valence-corrected chi connectivity index (χ0v) is 16.0. The minimum Gasteiger partial charge on any atom is -0.492 e. The molecule has 0 fully saturated rings. The van der Waals surface area contributed by atoms with Gasteiger partial charge in [0, 0.05) is 5.02 Å². The number of nitrogens with one attached hydrogen (secondary N) is 1. The third-order valence-corrected chi connectivity index (χ3v) is 4.12. The summed E-state index contributed by atoms with van der Waals surface area (Å²) in [7, 11) is 0. The number of ether oxygens (including phenoxy) is 1. The molecule has 2 aromatic heterocycles. The zero-order valence-electron chi connectivity index (χ0n) is 15.2. The first kappa shape index (κ1) is 18.6. The maximum absolute atomic E-state index is 12.5. The molecule has 0 spiro atoms. The molecule has 2 aromatic carbocycles. The highest BCUT2D eigenvalue weighted by Gasteiger charge is 2.19. The highest BCUT2D eigenvalue weighted by Crippen LogP contribution is 2.24. The smallest absolute Gasteiger partial charge is 0.316 e. The van der Waals surface area contributed by atoms with Gasteiger partial charge in [0.1, 0.15) is 5.75 Å². The van der Waals surface area contributed by atoms with Gasteiger partial charge in [0.15, 0.2) is 5.69 Å². The molecule has 1 amide bonds. The standard InChI is InChI=1S/C19H15ClN6O3/c1-2-28-16-6-4-3-5-14(16)21-18(27)19-22-17(24-29-19)15-11-26(25-23-15)13-9-7-12(20)8-10-13/h3-11H,2H2,1H3,(H,21,27). The quantitative estimate of drug-likeness (QED) is 0.517. The Morgan fingerprint density at radius 1 is 1.21 bits per heavy atom. The summed E-state index contributed by atoms with van der Waals surface area (Å²) in [6.07, 6.45) is 1.63. The normalized spacial score (nSPS) is 10.7. The summed E-state index contributed by atoms with van der Waals surface area (Å²) >= 11 is 5.89. The summed E-state index contributed by atoms with van der Waals surface area (Å²) in [5.41, 5.74) is 1.63. The molecule has 0 saturated heterocycles. The molecule has 4 aromatic rings. The van der Waals surface area contributed by atoms with Gasteiger partial charge in [-0.1, -0.05) is 34.1 Å². The average molecular weight is 411 g/mol. The number of aromatic nitrogens is 5. The monoisotopic (exact) mass is 410 g/mol. The number of carbonyl (C=O) groups is 1. The topological polar surface area (TPSA) is 108 Å². The lowest BCUT2D eigenvalue weighted by atomic mass is 10.3. The summed E-state index contributed by atoms with van der Waals surface area (Å²) in [6.45, 7) is 2.33. The van der Waals surface area contributed by atoms with Gasteiger partial charge in [-0.15, -0.1) is 5.10 Å². The van der Waals surface area contributed by atoms with Gasteiger partial charge in [0.25, 0.3) is 0 Å². The molecule has 4 rings (SSSR count). The number of para-hydroxylation sites is 2. The molecule has 0 bridgehead atoms. The predicted molar refractivity (Wildman–Crippen MR) is 105 cm³/mol. The molecule has 1 N–H and O–H groups in total. The van der Waals surface area contributed by atoms with Crippen LogP contribution in [0.3, 0.4) is 0 Å². The fraction of sp³-hybridized carbons (Fsp3) is 0.105. The molecular weight excluding hydrogens is 396 g/mol. The van der Waals surface area contributed by atoms with E-state index in [2.05, 4.69) is 25.8 Å². The molecule has 0 aliphatic rings. The Kier molecular flexibility index (Phi) is 5.21. The van der Waals surface area contributed by atoms with E-state index in [9.17, 15) is 4.79 Å². The summed E-state index contributed by atoms with van der Waals surface area (Å²) in [4.78, 5) is 16.6. The summed E-state index contributed by atoms with van der Waals surface area (Å²) in [5, 5.41) is 15.2.